The molecule has 1 unspecified atom stereocenters. The number of hydrogen-bond donors (Lipinski definition) is 2. The van der Waals surface area contributed by atoms with Crippen molar-refractivity contribution in [3.05, 3.63) is 71.0 Å². The topological polar surface area (TPSA) is 61.0 Å². The molecule has 2 aromatic carbocycles. The molecule has 1 atom stereocenters. The van der Waals surface area contributed by atoms with Crippen LogP contribution >= 0.6 is 11.6 Å². The first kappa shape index (κ1) is 18.5. The van der Waals surface area contributed by atoms with Crippen LogP contribution in [0.2, 0.25) is 5.02 Å². The van der Waals surface area contributed by atoms with Crippen molar-refractivity contribution in [2.24, 2.45) is 0 Å². The average Bonchev–Trinajstić information content (AvgIpc) is 3.34. The first-order valence-electron chi connectivity index (χ1n) is 9.17. The van der Waals surface area contributed by atoms with Gasteiger partial charge in [0.25, 0.3) is 0 Å². The quantitative estimate of drug-likeness (QED) is 0.687. The second-order valence-electron chi connectivity index (χ2n) is 6.95. The fraction of sp³-hybridized carbons (Fsp3) is 0.238. The number of nitrogens with zero attached hydrogens (tertiary/aromatic N) is 2. The van der Waals surface area contributed by atoms with E-state index in [2.05, 4.69) is 20.4 Å². The maximum absolute atomic E-state index is 13.1. The molecule has 1 aromatic heterocycles. The highest BCUT2D eigenvalue weighted by atomic mass is 35.5. The fourth-order valence-electron chi connectivity index (χ4n) is 3.40. The van der Waals surface area contributed by atoms with Crippen LogP contribution in [0.4, 0.5) is 10.2 Å². The molecule has 0 saturated carbocycles. The molecule has 28 heavy (non-hydrogen) atoms. The summed E-state index contributed by atoms with van der Waals surface area (Å²) in [5.41, 5.74) is 2.66. The minimum absolute atomic E-state index is 0.00296. The molecule has 1 amide bonds. The summed E-state index contributed by atoms with van der Waals surface area (Å²) >= 11 is 5.88. The number of anilines is 1. The molecule has 5 nitrogen and oxygen atoms in total. The van der Waals surface area contributed by atoms with Gasteiger partial charge < -0.3 is 10.2 Å². The number of hydrogen-bond acceptors (Lipinski definition) is 3. The highest BCUT2D eigenvalue weighted by molar-refractivity contribution is 6.30. The van der Waals surface area contributed by atoms with Crippen LogP contribution in [0.5, 0.6) is 0 Å². The van der Waals surface area contributed by atoms with E-state index in [-0.39, 0.29) is 17.8 Å². The standard InChI is InChI=1S/C21H20ClFN4O/c22-16-5-1-14(2-6-16)11-21(28)24-18-9-10-27(13-18)20-12-19(25-26-20)15-3-7-17(23)8-4-15/h1-8,12,18H,9-11,13H2,(H,24,28)(H,25,26). The second-order valence-corrected chi connectivity index (χ2v) is 7.39. The monoisotopic (exact) mass is 398 g/mol. The lowest BCUT2D eigenvalue weighted by Gasteiger charge is -2.16. The van der Waals surface area contributed by atoms with Gasteiger partial charge in [-0.3, -0.25) is 9.89 Å². The summed E-state index contributed by atoms with van der Waals surface area (Å²) in [6.07, 6.45) is 1.20. The van der Waals surface area contributed by atoms with E-state index >= 15 is 0 Å². The van der Waals surface area contributed by atoms with Crippen LogP contribution in [0.1, 0.15) is 12.0 Å². The van der Waals surface area contributed by atoms with Crippen LogP contribution in [0, 0.1) is 5.82 Å². The molecule has 144 valence electrons. The number of aromatic amines is 1. The second kappa shape index (κ2) is 8.02. The highest BCUT2D eigenvalue weighted by Crippen LogP contribution is 2.24. The van der Waals surface area contributed by atoms with E-state index in [0.717, 1.165) is 35.6 Å². The van der Waals surface area contributed by atoms with Gasteiger partial charge in [0.05, 0.1) is 12.1 Å². The Kier molecular flexibility index (Phi) is 5.30. The first-order chi connectivity index (χ1) is 13.6. The lowest BCUT2D eigenvalue weighted by Crippen LogP contribution is -2.38. The van der Waals surface area contributed by atoms with Gasteiger partial charge in [-0.15, -0.1) is 0 Å². The molecule has 0 aliphatic carbocycles. The summed E-state index contributed by atoms with van der Waals surface area (Å²) in [5.74, 6) is 0.567. The molecule has 2 heterocycles. The van der Waals surface area contributed by atoms with Crippen LogP contribution in [-0.4, -0.2) is 35.2 Å². The Morgan fingerprint density at radius 3 is 2.71 bits per heavy atom. The van der Waals surface area contributed by atoms with Gasteiger partial charge in [-0.1, -0.05) is 23.7 Å². The molecule has 1 fully saturated rings. The van der Waals surface area contributed by atoms with Crippen molar-refractivity contribution < 1.29 is 9.18 Å². The maximum Gasteiger partial charge on any atom is 0.224 e. The van der Waals surface area contributed by atoms with Gasteiger partial charge in [0.1, 0.15) is 5.82 Å². The van der Waals surface area contributed by atoms with Crippen molar-refractivity contribution in [1.82, 2.24) is 15.5 Å². The zero-order valence-corrected chi connectivity index (χ0v) is 15.9. The molecule has 1 aliphatic heterocycles. The van der Waals surface area contributed by atoms with Gasteiger partial charge in [-0.25, -0.2) is 4.39 Å². The number of rotatable bonds is 5. The van der Waals surface area contributed by atoms with E-state index in [1.54, 1.807) is 24.3 Å². The number of aromatic nitrogens is 2. The van der Waals surface area contributed by atoms with Crippen LogP contribution in [-0.2, 0) is 11.2 Å². The van der Waals surface area contributed by atoms with Gasteiger partial charge in [-0.2, -0.15) is 5.10 Å². The van der Waals surface area contributed by atoms with E-state index in [1.807, 2.05) is 18.2 Å². The molecular formula is C21H20ClFN4O. The number of benzene rings is 2. The Morgan fingerprint density at radius 1 is 1.21 bits per heavy atom. The predicted molar refractivity (Wildman–Crippen MR) is 108 cm³/mol. The number of H-pyrrole nitrogens is 1. The molecule has 0 radical (unpaired) electrons. The van der Waals surface area contributed by atoms with Crippen molar-refractivity contribution in [1.29, 1.82) is 0 Å². The third-order valence-corrected chi connectivity index (χ3v) is 5.13. The number of nitrogens with one attached hydrogen (secondary N) is 2. The molecule has 1 saturated heterocycles. The summed E-state index contributed by atoms with van der Waals surface area (Å²) in [7, 11) is 0. The summed E-state index contributed by atoms with van der Waals surface area (Å²) in [6.45, 7) is 1.53. The van der Waals surface area contributed by atoms with Gasteiger partial charge in [0.2, 0.25) is 5.91 Å². The Labute approximate surface area is 167 Å². The minimum atomic E-state index is -0.264. The lowest BCUT2D eigenvalue weighted by molar-refractivity contribution is -0.121. The molecule has 7 heteroatoms. The summed E-state index contributed by atoms with van der Waals surface area (Å²) < 4.78 is 13.1. The smallest absolute Gasteiger partial charge is 0.224 e. The van der Waals surface area contributed by atoms with Gasteiger partial charge in [0.15, 0.2) is 5.82 Å². The third-order valence-electron chi connectivity index (χ3n) is 4.87. The van der Waals surface area contributed by atoms with Crippen LogP contribution in [0.15, 0.2) is 54.6 Å². The van der Waals surface area contributed by atoms with Crippen LogP contribution < -0.4 is 10.2 Å². The molecule has 4 rings (SSSR count). The lowest BCUT2D eigenvalue weighted by atomic mass is 10.1. The Hall–Kier alpha value is -2.86. The number of amides is 1. The Bertz CT molecular complexity index is 955. The SMILES string of the molecule is O=C(Cc1ccc(Cl)cc1)NC1CCN(c2cc(-c3ccc(F)cc3)[nH]n2)C1. The van der Waals surface area contributed by atoms with Crippen molar-refractivity contribution >= 4 is 23.3 Å². The van der Waals surface area contributed by atoms with E-state index in [1.165, 1.54) is 12.1 Å². The summed E-state index contributed by atoms with van der Waals surface area (Å²) in [6, 6.07) is 15.6. The molecule has 3 aromatic rings. The zero-order chi connectivity index (χ0) is 19.5. The number of carbonyl (C=O) groups excluding carboxylic acids is 1. The van der Waals surface area contributed by atoms with Crippen LogP contribution in [0.25, 0.3) is 11.3 Å². The normalized spacial score (nSPS) is 16.4. The minimum Gasteiger partial charge on any atom is -0.353 e. The molecule has 1 aliphatic rings. The van der Waals surface area contributed by atoms with E-state index < -0.39 is 0 Å². The zero-order valence-electron chi connectivity index (χ0n) is 15.2. The van der Waals surface area contributed by atoms with E-state index in [0.29, 0.717) is 18.0 Å². The summed E-state index contributed by atoms with van der Waals surface area (Å²) in [4.78, 5) is 14.4. The van der Waals surface area contributed by atoms with Gasteiger partial charge >= 0.3 is 0 Å². The molecule has 2 N–H and O–H groups in total. The van der Waals surface area contributed by atoms with E-state index in [4.69, 9.17) is 11.6 Å². The third kappa shape index (κ3) is 4.34. The van der Waals surface area contributed by atoms with E-state index in [9.17, 15) is 9.18 Å². The first-order valence-corrected chi connectivity index (χ1v) is 9.55. The molecule has 0 spiro atoms. The van der Waals surface area contributed by atoms with Gasteiger partial charge in [-0.05, 0) is 53.9 Å². The number of halogens is 2. The van der Waals surface area contributed by atoms with Gasteiger partial charge in [0, 0.05) is 30.2 Å². The van der Waals surface area contributed by atoms with Crippen LogP contribution in [0.3, 0.4) is 0 Å². The summed E-state index contributed by atoms with van der Waals surface area (Å²) in [5, 5.41) is 11.1. The Balaban J connectivity index is 1.33. The molecule has 0 bridgehead atoms. The average molecular weight is 399 g/mol. The maximum atomic E-state index is 13.1. The van der Waals surface area contributed by atoms with Crippen molar-refractivity contribution in [2.75, 3.05) is 18.0 Å². The highest BCUT2D eigenvalue weighted by Gasteiger charge is 2.25. The predicted octanol–water partition coefficient (Wildman–Crippen LogP) is 3.81. The molecular weight excluding hydrogens is 379 g/mol. The largest absolute Gasteiger partial charge is 0.353 e. The Morgan fingerprint density at radius 2 is 1.96 bits per heavy atom. The van der Waals surface area contributed by atoms with Crippen molar-refractivity contribution in [3.63, 3.8) is 0 Å². The fourth-order valence-corrected chi connectivity index (χ4v) is 3.53. The van der Waals surface area contributed by atoms with Crippen molar-refractivity contribution in [2.45, 2.75) is 18.9 Å². The van der Waals surface area contributed by atoms with Crippen molar-refractivity contribution in [3.8, 4) is 11.3 Å². The number of carbonyl (C=O) groups is 1.